The van der Waals surface area contributed by atoms with Crippen molar-refractivity contribution in [1.29, 1.82) is 0 Å². The summed E-state index contributed by atoms with van der Waals surface area (Å²) in [6, 6.07) is 11.3. The monoisotopic (exact) mass is 391 g/mol. The van der Waals surface area contributed by atoms with Gasteiger partial charge in [0.05, 0.1) is 11.4 Å². The number of para-hydroxylation sites is 1. The maximum absolute atomic E-state index is 12.8. The van der Waals surface area contributed by atoms with Crippen LogP contribution in [0.1, 0.15) is 28.4 Å². The van der Waals surface area contributed by atoms with Crippen LogP contribution < -0.4 is 16.2 Å². The Labute approximate surface area is 165 Å². The van der Waals surface area contributed by atoms with Crippen molar-refractivity contribution in [1.82, 2.24) is 15.2 Å². The number of nitrogens with two attached hydrogens (primary N) is 1. The number of primary amides is 1. The second kappa shape index (κ2) is 7.55. The molecular weight excluding hydrogens is 374 g/mol. The first kappa shape index (κ1) is 18.4. The average molecular weight is 391 g/mol. The standard InChI is InChI=1S/C20H17N5O4/c21-20(28)25-10-7-17(13-3-1-2-4-16(13)25)29-19(27)14-11-15(23-24-18(14)26)12-5-8-22-9-6-12/h1-6,8-9,11,17H,7,10H2,(H2,21,28)(H,24,26). The molecule has 0 bridgehead atoms. The van der Waals surface area contributed by atoms with Crippen molar-refractivity contribution in [2.45, 2.75) is 12.5 Å². The second-order valence-corrected chi connectivity index (χ2v) is 6.46. The first-order chi connectivity index (χ1) is 14.0. The number of anilines is 1. The molecule has 4 rings (SSSR count). The molecule has 1 unspecified atom stereocenters. The van der Waals surface area contributed by atoms with Gasteiger partial charge >= 0.3 is 12.0 Å². The molecule has 3 heterocycles. The first-order valence-corrected chi connectivity index (χ1v) is 8.91. The van der Waals surface area contributed by atoms with E-state index in [9.17, 15) is 14.4 Å². The van der Waals surface area contributed by atoms with Gasteiger partial charge in [-0.15, -0.1) is 0 Å². The minimum atomic E-state index is -0.767. The van der Waals surface area contributed by atoms with Gasteiger partial charge in [-0.05, 0) is 24.3 Å². The summed E-state index contributed by atoms with van der Waals surface area (Å²) in [5.74, 6) is -0.767. The number of benzene rings is 1. The third kappa shape index (κ3) is 3.57. The van der Waals surface area contributed by atoms with Gasteiger partial charge in [0.2, 0.25) is 0 Å². The Morgan fingerprint density at radius 3 is 2.69 bits per heavy atom. The number of H-pyrrole nitrogens is 1. The Bertz CT molecular complexity index is 1130. The molecule has 1 aliphatic heterocycles. The van der Waals surface area contributed by atoms with Gasteiger partial charge in [-0.3, -0.25) is 14.7 Å². The maximum atomic E-state index is 12.8. The Hall–Kier alpha value is -4.01. The fourth-order valence-electron chi connectivity index (χ4n) is 3.30. The molecule has 2 amide bonds. The molecule has 1 aliphatic rings. The second-order valence-electron chi connectivity index (χ2n) is 6.46. The van der Waals surface area contributed by atoms with Crippen molar-refractivity contribution in [2.75, 3.05) is 11.4 Å². The zero-order chi connectivity index (χ0) is 20.4. The molecule has 146 valence electrons. The number of rotatable bonds is 3. The smallest absolute Gasteiger partial charge is 0.344 e. The number of aromatic nitrogens is 3. The van der Waals surface area contributed by atoms with E-state index in [1.54, 1.807) is 48.8 Å². The van der Waals surface area contributed by atoms with E-state index in [0.717, 1.165) is 0 Å². The highest BCUT2D eigenvalue weighted by atomic mass is 16.5. The summed E-state index contributed by atoms with van der Waals surface area (Å²) in [5, 5.41) is 6.30. The highest BCUT2D eigenvalue weighted by Crippen LogP contribution is 2.36. The lowest BCUT2D eigenvalue weighted by Crippen LogP contribution is -2.41. The minimum absolute atomic E-state index is 0.151. The summed E-state index contributed by atoms with van der Waals surface area (Å²) in [6.07, 6.45) is 2.94. The molecule has 29 heavy (non-hydrogen) atoms. The SMILES string of the molecule is NC(=O)N1CCC(OC(=O)c2cc(-c3ccncc3)n[nH]c2=O)c2ccccc21. The number of carbonyl (C=O) groups excluding carboxylic acids is 2. The van der Waals surface area contributed by atoms with Crippen molar-refractivity contribution in [3.8, 4) is 11.3 Å². The Morgan fingerprint density at radius 1 is 1.17 bits per heavy atom. The fourth-order valence-corrected chi connectivity index (χ4v) is 3.30. The van der Waals surface area contributed by atoms with Gasteiger partial charge in [-0.25, -0.2) is 14.7 Å². The number of nitrogens with zero attached hydrogens (tertiary/aromatic N) is 3. The summed E-state index contributed by atoms with van der Waals surface area (Å²) >= 11 is 0. The summed E-state index contributed by atoms with van der Waals surface area (Å²) in [6.45, 7) is 0.305. The van der Waals surface area contributed by atoms with Crippen molar-refractivity contribution >= 4 is 17.7 Å². The molecule has 9 heteroatoms. The third-order valence-corrected chi connectivity index (χ3v) is 4.70. The number of esters is 1. The number of nitrogens with one attached hydrogen (secondary N) is 1. The zero-order valence-electron chi connectivity index (χ0n) is 15.2. The van der Waals surface area contributed by atoms with Crippen LogP contribution in [0.25, 0.3) is 11.3 Å². The van der Waals surface area contributed by atoms with Gasteiger partial charge in [0.15, 0.2) is 0 Å². The highest BCUT2D eigenvalue weighted by Gasteiger charge is 2.30. The number of fused-ring (bicyclic) bond motifs is 1. The maximum Gasteiger partial charge on any atom is 0.344 e. The molecule has 0 radical (unpaired) electrons. The number of ether oxygens (including phenoxy) is 1. The lowest BCUT2D eigenvalue weighted by molar-refractivity contribution is 0.0272. The molecule has 3 aromatic rings. The van der Waals surface area contributed by atoms with Gasteiger partial charge in [-0.1, -0.05) is 18.2 Å². The van der Waals surface area contributed by atoms with Gasteiger partial charge in [0.1, 0.15) is 11.7 Å². The van der Waals surface area contributed by atoms with Gasteiger partial charge in [0, 0.05) is 36.5 Å². The molecule has 3 N–H and O–H groups in total. The first-order valence-electron chi connectivity index (χ1n) is 8.91. The molecule has 0 saturated heterocycles. The lowest BCUT2D eigenvalue weighted by Gasteiger charge is -2.32. The number of urea groups is 1. The van der Waals surface area contributed by atoms with Crippen molar-refractivity contribution in [3.05, 3.63) is 76.3 Å². The predicted octanol–water partition coefficient (Wildman–Crippen LogP) is 2.02. The number of hydrogen-bond acceptors (Lipinski definition) is 6. The van der Waals surface area contributed by atoms with Gasteiger partial charge in [0.25, 0.3) is 5.56 Å². The van der Waals surface area contributed by atoms with E-state index < -0.39 is 23.7 Å². The number of pyridine rings is 1. The van der Waals surface area contributed by atoms with E-state index >= 15 is 0 Å². The molecule has 9 nitrogen and oxygen atoms in total. The van der Waals surface area contributed by atoms with Crippen LogP contribution >= 0.6 is 0 Å². The van der Waals surface area contributed by atoms with Crippen LogP contribution in [0.15, 0.2) is 59.7 Å². The van der Waals surface area contributed by atoms with E-state index in [-0.39, 0.29) is 5.56 Å². The average Bonchev–Trinajstić information content (AvgIpc) is 2.74. The van der Waals surface area contributed by atoms with Crippen molar-refractivity contribution in [3.63, 3.8) is 0 Å². The topological polar surface area (TPSA) is 131 Å². The molecule has 0 spiro atoms. The number of amides is 2. The van der Waals surface area contributed by atoms with Crippen LogP contribution in [-0.2, 0) is 4.74 Å². The van der Waals surface area contributed by atoms with Crippen LogP contribution in [-0.4, -0.2) is 33.7 Å². The Kier molecular flexibility index (Phi) is 4.78. The quantitative estimate of drug-likeness (QED) is 0.657. The van der Waals surface area contributed by atoms with Crippen LogP contribution in [0.3, 0.4) is 0 Å². The number of aromatic amines is 1. The molecule has 1 atom stereocenters. The van der Waals surface area contributed by atoms with Gasteiger partial charge in [-0.2, -0.15) is 5.10 Å². The van der Waals surface area contributed by atoms with Crippen LogP contribution in [0.4, 0.5) is 10.5 Å². The molecule has 0 aliphatic carbocycles. The zero-order valence-corrected chi connectivity index (χ0v) is 15.2. The van der Waals surface area contributed by atoms with E-state index in [2.05, 4.69) is 15.2 Å². The fraction of sp³-hybridized carbons (Fsp3) is 0.150. The Balaban J connectivity index is 1.63. The van der Waals surface area contributed by atoms with Gasteiger partial charge < -0.3 is 10.5 Å². The summed E-state index contributed by atoms with van der Waals surface area (Å²) < 4.78 is 5.63. The predicted molar refractivity (Wildman–Crippen MR) is 104 cm³/mol. The summed E-state index contributed by atoms with van der Waals surface area (Å²) in [5.41, 5.74) is 7.00. The van der Waals surface area contributed by atoms with E-state index in [1.165, 1.54) is 11.0 Å². The number of hydrogen-bond donors (Lipinski definition) is 2. The van der Waals surface area contributed by atoms with E-state index in [0.29, 0.717) is 35.5 Å². The summed E-state index contributed by atoms with van der Waals surface area (Å²) in [7, 11) is 0. The molecule has 2 aromatic heterocycles. The van der Waals surface area contributed by atoms with Crippen LogP contribution in [0.2, 0.25) is 0 Å². The molecule has 1 aromatic carbocycles. The highest BCUT2D eigenvalue weighted by molar-refractivity contribution is 5.93. The van der Waals surface area contributed by atoms with Crippen molar-refractivity contribution < 1.29 is 14.3 Å². The van der Waals surface area contributed by atoms with Crippen LogP contribution in [0, 0.1) is 0 Å². The van der Waals surface area contributed by atoms with E-state index in [4.69, 9.17) is 10.5 Å². The summed E-state index contributed by atoms with van der Waals surface area (Å²) in [4.78, 5) is 42.0. The lowest BCUT2D eigenvalue weighted by atomic mass is 9.99. The molecule has 0 saturated carbocycles. The Morgan fingerprint density at radius 2 is 1.93 bits per heavy atom. The van der Waals surface area contributed by atoms with Crippen molar-refractivity contribution in [2.24, 2.45) is 5.73 Å². The minimum Gasteiger partial charge on any atom is -0.454 e. The normalized spacial score (nSPS) is 15.4. The van der Waals surface area contributed by atoms with Crippen LogP contribution in [0.5, 0.6) is 0 Å². The number of carbonyl (C=O) groups is 2. The molecular formula is C20H17N5O4. The third-order valence-electron chi connectivity index (χ3n) is 4.70. The molecule has 0 fully saturated rings. The van der Waals surface area contributed by atoms with E-state index in [1.807, 2.05) is 0 Å². The largest absolute Gasteiger partial charge is 0.454 e.